The molecule has 1 aromatic heterocycles. The lowest BCUT2D eigenvalue weighted by Crippen LogP contribution is -2.13. The molecule has 2 N–H and O–H groups in total. The summed E-state index contributed by atoms with van der Waals surface area (Å²) in [5.74, 6) is -1.20. The first-order valence-electron chi connectivity index (χ1n) is 8.08. The van der Waals surface area contributed by atoms with Gasteiger partial charge >= 0.3 is 5.97 Å². The maximum atomic E-state index is 13.2. The number of esters is 1. The van der Waals surface area contributed by atoms with E-state index in [0.29, 0.717) is 16.1 Å². The third-order valence-electron chi connectivity index (χ3n) is 3.87. The summed E-state index contributed by atoms with van der Waals surface area (Å²) < 4.78 is 11.5. The van der Waals surface area contributed by atoms with E-state index < -0.39 is 11.8 Å². The molecule has 2 aromatic carbocycles. The van der Waals surface area contributed by atoms with Crippen molar-refractivity contribution in [3.05, 3.63) is 74.7 Å². The van der Waals surface area contributed by atoms with Gasteiger partial charge in [0, 0.05) is 15.6 Å². The highest BCUT2D eigenvalue weighted by Gasteiger charge is 2.32. The summed E-state index contributed by atoms with van der Waals surface area (Å²) in [5.41, 5.74) is 6.70. The number of hydrogen-bond donors (Lipinski definition) is 1. The summed E-state index contributed by atoms with van der Waals surface area (Å²) in [6.07, 6.45) is 0. The monoisotopic (exact) mass is 447 g/mol. The fourth-order valence-electron chi connectivity index (χ4n) is 2.65. The zero-order valence-electron chi connectivity index (χ0n) is 14.3. The third-order valence-corrected chi connectivity index (χ3v) is 4.73. The quantitative estimate of drug-likeness (QED) is 0.420. The molecule has 0 bridgehead atoms. The second-order valence-electron chi connectivity index (χ2n) is 5.58. The number of benzene rings is 2. The van der Waals surface area contributed by atoms with Crippen molar-refractivity contribution in [2.75, 3.05) is 12.3 Å². The number of halogens is 2. The summed E-state index contributed by atoms with van der Waals surface area (Å²) in [6, 6.07) is 13.6. The molecule has 7 heteroatoms. The summed E-state index contributed by atoms with van der Waals surface area (Å²) in [4.78, 5) is 25.7. The second-order valence-corrected chi connectivity index (χ2v) is 6.90. The van der Waals surface area contributed by atoms with Gasteiger partial charge in [0.2, 0.25) is 5.88 Å². The molecular formula is C20H15BrClNO4. The van der Waals surface area contributed by atoms with Crippen molar-refractivity contribution in [1.29, 1.82) is 0 Å². The zero-order valence-corrected chi connectivity index (χ0v) is 16.6. The number of ketones is 1. The van der Waals surface area contributed by atoms with Gasteiger partial charge in [0.1, 0.15) is 11.3 Å². The van der Waals surface area contributed by atoms with Crippen LogP contribution in [0, 0.1) is 0 Å². The van der Waals surface area contributed by atoms with E-state index in [4.69, 9.17) is 26.5 Å². The standard InChI is InChI=1S/C20H15BrClNO4/c1-2-26-20(25)16-15(17(24)11-7-9-12(21)10-8-11)18(27-19(16)23)13-5-3-4-6-14(13)22/h3-10H,2,23H2,1H3. The predicted molar refractivity (Wildman–Crippen MR) is 107 cm³/mol. The number of ether oxygens (including phenoxy) is 1. The Morgan fingerprint density at radius 3 is 2.41 bits per heavy atom. The van der Waals surface area contributed by atoms with Crippen LogP contribution < -0.4 is 5.73 Å². The van der Waals surface area contributed by atoms with Gasteiger partial charge in [-0.2, -0.15) is 0 Å². The first kappa shape index (κ1) is 19.2. The number of carbonyl (C=O) groups excluding carboxylic acids is 2. The van der Waals surface area contributed by atoms with Crippen molar-refractivity contribution >= 4 is 45.2 Å². The minimum Gasteiger partial charge on any atom is -0.462 e. The third kappa shape index (κ3) is 3.77. The Hall–Kier alpha value is -2.57. The molecule has 0 unspecified atom stereocenters. The van der Waals surface area contributed by atoms with Crippen LogP contribution in [0.5, 0.6) is 0 Å². The van der Waals surface area contributed by atoms with Crippen molar-refractivity contribution in [2.45, 2.75) is 6.92 Å². The minimum absolute atomic E-state index is 0.0290. The number of nitrogens with two attached hydrogens (primary N) is 1. The molecular weight excluding hydrogens is 434 g/mol. The van der Waals surface area contributed by atoms with Crippen molar-refractivity contribution < 1.29 is 18.7 Å². The fourth-order valence-corrected chi connectivity index (χ4v) is 3.14. The summed E-state index contributed by atoms with van der Waals surface area (Å²) in [7, 11) is 0. The van der Waals surface area contributed by atoms with Crippen LogP contribution >= 0.6 is 27.5 Å². The molecule has 0 radical (unpaired) electrons. The van der Waals surface area contributed by atoms with Crippen molar-refractivity contribution in [3.63, 3.8) is 0 Å². The van der Waals surface area contributed by atoms with Gasteiger partial charge in [-0.3, -0.25) is 4.79 Å². The van der Waals surface area contributed by atoms with Crippen molar-refractivity contribution in [2.24, 2.45) is 0 Å². The molecule has 3 rings (SSSR count). The van der Waals surface area contributed by atoms with E-state index >= 15 is 0 Å². The Kier molecular flexibility index (Phi) is 5.68. The van der Waals surface area contributed by atoms with Crippen molar-refractivity contribution in [3.8, 4) is 11.3 Å². The van der Waals surface area contributed by atoms with E-state index in [9.17, 15) is 9.59 Å². The van der Waals surface area contributed by atoms with Crippen LogP contribution in [-0.2, 0) is 4.74 Å². The average molecular weight is 449 g/mol. The number of hydrogen-bond acceptors (Lipinski definition) is 5. The molecule has 0 spiro atoms. The minimum atomic E-state index is -0.725. The lowest BCUT2D eigenvalue weighted by atomic mass is 9.96. The van der Waals surface area contributed by atoms with Gasteiger partial charge < -0.3 is 14.9 Å². The Labute approximate surface area is 169 Å². The SMILES string of the molecule is CCOC(=O)c1c(N)oc(-c2ccccc2Cl)c1C(=O)c1ccc(Br)cc1. The molecule has 0 amide bonds. The Bertz CT molecular complexity index is 1010. The highest BCUT2D eigenvalue weighted by atomic mass is 79.9. The Morgan fingerprint density at radius 1 is 1.11 bits per heavy atom. The first-order valence-corrected chi connectivity index (χ1v) is 9.25. The lowest BCUT2D eigenvalue weighted by molar-refractivity contribution is 0.0524. The van der Waals surface area contributed by atoms with Crippen molar-refractivity contribution in [1.82, 2.24) is 0 Å². The highest BCUT2D eigenvalue weighted by molar-refractivity contribution is 9.10. The van der Waals surface area contributed by atoms with Gasteiger partial charge in [-0.1, -0.05) is 39.7 Å². The molecule has 0 saturated carbocycles. The lowest BCUT2D eigenvalue weighted by Gasteiger charge is -2.07. The van der Waals surface area contributed by atoms with Gasteiger partial charge in [-0.15, -0.1) is 0 Å². The van der Waals surface area contributed by atoms with Crippen LogP contribution in [0.15, 0.2) is 57.4 Å². The van der Waals surface area contributed by atoms with E-state index in [-0.39, 0.29) is 29.4 Å². The molecule has 5 nitrogen and oxygen atoms in total. The van der Waals surface area contributed by atoms with Gasteiger partial charge in [-0.25, -0.2) is 4.79 Å². The Balaban J connectivity index is 2.25. The van der Waals surface area contributed by atoms with Crippen LogP contribution in [0.1, 0.15) is 33.2 Å². The maximum absolute atomic E-state index is 13.2. The molecule has 27 heavy (non-hydrogen) atoms. The number of furan rings is 1. The molecule has 0 saturated heterocycles. The molecule has 138 valence electrons. The number of nitrogen functional groups attached to an aromatic ring is 1. The van der Waals surface area contributed by atoms with Gasteiger partial charge in [0.15, 0.2) is 5.78 Å². The predicted octanol–water partition coefficient (Wildman–Crippen LogP) is 5.35. The maximum Gasteiger partial charge on any atom is 0.344 e. The van der Waals surface area contributed by atoms with E-state index in [1.807, 2.05) is 0 Å². The molecule has 1 heterocycles. The molecule has 0 aliphatic heterocycles. The zero-order chi connectivity index (χ0) is 19.6. The van der Waals surface area contributed by atoms with Gasteiger partial charge in [-0.05, 0) is 43.3 Å². The summed E-state index contributed by atoms with van der Waals surface area (Å²) >= 11 is 9.60. The molecule has 0 aliphatic carbocycles. The average Bonchev–Trinajstić information content (AvgIpc) is 2.99. The topological polar surface area (TPSA) is 82.5 Å². The van der Waals surface area contributed by atoms with E-state index in [1.165, 1.54) is 0 Å². The molecule has 0 aliphatic rings. The fraction of sp³-hybridized carbons (Fsp3) is 0.100. The van der Waals surface area contributed by atoms with E-state index in [1.54, 1.807) is 55.5 Å². The van der Waals surface area contributed by atoms with Crippen LogP contribution in [0.25, 0.3) is 11.3 Å². The van der Waals surface area contributed by atoms with Crippen LogP contribution in [0.4, 0.5) is 5.88 Å². The summed E-state index contributed by atoms with van der Waals surface area (Å²) in [6.45, 7) is 1.80. The number of rotatable bonds is 5. The number of carbonyl (C=O) groups is 2. The van der Waals surface area contributed by atoms with Crippen LogP contribution in [0.3, 0.4) is 0 Å². The smallest absolute Gasteiger partial charge is 0.344 e. The molecule has 3 aromatic rings. The molecule has 0 atom stereocenters. The normalized spacial score (nSPS) is 10.6. The summed E-state index contributed by atoms with van der Waals surface area (Å²) in [5, 5.41) is 0.367. The largest absolute Gasteiger partial charge is 0.462 e. The second kappa shape index (κ2) is 7.98. The van der Waals surface area contributed by atoms with Gasteiger partial charge in [0.05, 0.1) is 17.2 Å². The van der Waals surface area contributed by atoms with E-state index in [0.717, 1.165) is 4.47 Å². The number of anilines is 1. The van der Waals surface area contributed by atoms with Gasteiger partial charge in [0.25, 0.3) is 0 Å². The van der Waals surface area contributed by atoms with Crippen LogP contribution in [0.2, 0.25) is 5.02 Å². The van der Waals surface area contributed by atoms with Crippen LogP contribution in [-0.4, -0.2) is 18.4 Å². The van der Waals surface area contributed by atoms with E-state index in [2.05, 4.69) is 15.9 Å². The first-order chi connectivity index (χ1) is 12.9. The molecule has 0 fully saturated rings. The highest BCUT2D eigenvalue weighted by Crippen LogP contribution is 2.38. The Morgan fingerprint density at radius 2 is 1.78 bits per heavy atom.